The quantitative estimate of drug-likeness (QED) is 0.276. The zero-order valence-electron chi connectivity index (χ0n) is 17.7. The standard InChI is InChI=1S/C19H30Cl3NO5Si/c1-8-18(23-15(24)19(20,21)22)9-12(28-29(5,6)7)17(4)14(27-17)13(18)11-10-25-16(2,3)26-11/h8,11-14H,1,9-10H2,2-7H3,(H,23,24)/t11-,12+,13+,14+,17-,18+/m1/s1. The lowest BCUT2D eigenvalue weighted by atomic mass is 9.65. The second kappa shape index (κ2) is 7.34. The molecule has 2 heterocycles. The number of epoxide rings is 1. The van der Waals surface area contributed by atoms with E-state index in [0.717, 1.165) is 0 Å². The number of hydrogen-bond acceptors (Lipinski definition) is 5. The van der Waals surface area contributed by atoms with Gasteiger partial charge in [-0.15, -0.1) is 6.58 Å². The van der Waals surface area contributed by atoms with Crippen LogP contribution in [0.15, 0.2) is 12.7 Å². The van der Waals surface area contributed by atoms with Gasteiger partial charge in [0.05, 0.1) is 30.5 Å². The van der Waals surface area contributed by atoms with Gasteiger partial charge in [-0.25, -0.2) is 0 Å². The molecule has 0 aromatic carbocycles. The Labute approximate surface area is 188 Å². The first kappa shape index (κ1) is 23.8. The summed E-state index contributed by atoms with van der Waals surface area (Å²) in [6.07, 6.45) is 1.36. The van der Waals surface area contributed by atoms with Crippen molar-refractivity contribution in [2.75, 3.05) is 6.61 Å². The number of ether oxygens (including phenoxy) is 3. The number of carbonyl (C=O) groups is 1. The number of carbonyl (C=O) groups excluding carboxylic acids is 1. The Kier molecular flexibility index (Phi) is 6.02. The summed E-state index contributed by atoms with van der Waals surface area (Å²) in [6, 6.07) is 0. The maximum Gasteiger partial charge on any atom is 0.272 e. The number of halogens is 3. The molecule has 3 aliphatic rings. The first-order valence-corrected chi connectivity index (χ1v) is 14.3. The second-order valence-electron chi connectivity index (χ2n) is 9.73. The third-order valence-corrected chi connectivity index (χ3v) is 7.37. The predicted octanol–water partition coefficient (Wildman–Crippen LogP) is 3.95. The maximum absolute atomic E-state index is 12.7. The minimum absolute atomic E-state index is 0.214. The third kappa shape index (κ3) is 4.67. The molecular formula is C19H30Cl3NO5Si. The van der Waals surface area contributed by atoms with E-state index in [-0.39, 0.29) is 24.2 Å². The average molecular weight is 487 g/mol. The van der Waals surface area contributed by atoms with Gasteiger partial charge < -0.3 is 24.0 Å². The first-order chi connectivity index (χ1) is 13.0. The number of alkyl halides is 3. The summed E-state index contributed by atoms with van der Waals surface area (Å²) in [5.74, 6) is -1.72. The molecule has 29 heavy (non-hydrogen) atoms. The normalized spacial score (nSPS) is 41.6. The molecule has 6 nitrogen and oxygen atoms in total. The SMILES string of the molecule is C=C[C@]1(NC(=O)C(Cl)(Cl)Cl)C[C@H](O[Si](C)(C)C)[C@@]2(C)O[C@H]2[C@@H]1[C@H]1COC(C)(C)O1. The molecule has 2 saturated heterocycles. The van der Waals surface area contributed by atoms with Crippen LogP contribution in [0.25, 0.3) is 0 Å². The fourth-order valence-electron chi connectivity index (χ4n) is 4.54. The Balaban J connectivity index is 1.99. The lowest BCUT2D eigenvalue weighted by Crippen LogP contribution is -2.66. The molecule has 3 rings (SSSR count). The van der Waals surface area contributed by atoms with Crippen molar-refractivity contribution in [2.24, 2.45) is 5.92 Å². The minimum atomic E-state index is -2.10. The highest BCUT2D eigenvalue weighted by molar-refractivity contribution is 6.76. The smallest absolute Gasteiger partial charge is 0.272 e. The zero-order chi connectivity index (χ0) is 22.0. The summed E-state index contributed by atoms with van der Waals surface area (Å²) in [5, 5.41) is 2.93. The van der Waals surface area contributed by atoms with Crippen molar-refractivity contribution in [3.8, 4) is 0 Å². The molecule has 0 unspecified atom stereocenters. The van der Waals surface area contributed by atoms with Crippen LogP contribution in [0.5, 0.6) is 0 Å². The van der Waals surface area contributed by atoms with E-state index >= 15 is 0 Å². The molecule has 1 aliphatic carbocycles. The van der Waals surface area contributed by atoms with E-state index in [4.69, 9.17) is 53.4 Å². The molecule has 1 N–H and O–H groups in total. The lowest BCUT2D eigenvalue weighted by Gasteiger charge is -2.48. The second-order valence-corrected chi connectivity index (χ2v) is 16.5. The van der Waals surface area contributed by atoms with Crippen LogP contribution < -0.4 is 5.32 Å². The van der Waals surface area contributed by atoms with Gasteiger partial charge in [0.15, 0.2) is 14.1 Å². The lowest BCUT2D eigenvalue weighted by molar-refractivity contribution is -0.151. The van der Waals surface area contributed by atoms with Gasteiger partial charge in [0, 0.05) is 12.3 Å². The van der Waals surface area contributed by atoms with Gasteiger partial charge in [-0.2, -0.15) is 0 Å². The van der Waals surface area contributed by atoms with Gasteiger partial charge in [0.2, 0.25) is 0 Å². The van der Waals surface area contributed by atoms with Crippen molar-refractivity contribution in [1.29, 1.82) is 0 Å². The highest BCUT2D eigenvalue weighted by atomic mass is 35.6. The Bertz CT molecular complexity index is 694. The molecule has 2 aliphatic heterocycles. The summed E-state index contributed by atoms with van der Waals surface area (Å²) in [6.45, 7) is 16.5. The summed E-state index contributed by atoms with van der Waals surface area (Å²) >= 11 is 17.6. The average Bonchev–Trinajstić information content (AvgIpc) is 3.10. The first-order valence-electron chi connectivity index (χ1n) is 9.73. The molecule has 0 aromatic rings. The van der Waals surface area contributed by atoms with Gasteiger partial charge in [-0.3, -0.25) is 4.79 Å². The Morgan fingerprint density at radius 1 is 1.24 bits per heavy atom. The van der Waals surface area contributed by atoms with Crippen LogP contribution in [0.4, 0.5) is 0 Å². The molecule has 0 radical (unpaired) electrons. The monoisotopic (exact) mass is 485 g/mol. The predicted molar refractivity (Wildman–Crippen MR) is 116 cm³/mol. The Hall–Kier alpha value is 0.137. The fourth-order valence-corrected chi connectivity index (χ4v) is 5.85. The maximum atomic E-state index is 12.7. The molecule has 6 atom stereocenters. The number of nitrogens with one attached hydrogen (secondary N) is 1. The molecule has 0 aromatic heterocycles. The van der Waals surface area contributed by atoms with E-state index in [1.165, 1.54) is 0 Å². The van der Waals surface area contributed by atoms with Gasteiger partial charge in [-0.05, 0) is 40.4 Å². The number of amides is 1. The summed E-state index contributed by atoms with van der Waals surface area (Å²) in [5.41, 5.74) is -1.42. The molecule has 0 spiro atoms. The highest BCUT2D eigenvalue weighted by Crippen LogP contribution is 2.58. The number of hydrogen-bond donors (Lipinski definition) is 1. The third-order valence-electron chi connectivity index (χ3n) is 5.87. The largest absolute Gasteiger partial charge is 0.412 e. The molecule has 166 valence electrons. The van der Waals surface area contributed by atoms with Crippen LogP contribution in [0.1, 0.15) is 27.2 Å². The van der Waals surface area contributed by atoms with E-state index in [9.17, 15) is 4.79 Å². The van der Waals surface area contributed by atoms with Crippen molar-refractivity contribution < 1.29 is 23.4 Å². The van der Waals surface area contributed by atoms with E-state index in [0.29, 0.717) is 13.0 Å². The van der Waals surface area contributed by atoms with Crippen LogP contribution in [0, 0.1) is 5.92 Å². The summed E-state index contributed by atoms with van der Waals surface area (Å²) < 4.78 is 22.5. The van der Waals surface area contributed by atoms with Crippen LogP contribution in [0.2, 0.25) is 19.6 Å². The summed E-state index contributed by atoms with van der Waals surface area (Å²) in [4.78, 5) is 12.7. The Morgan fingerprint density at radius 2 is 1.86 bits per heavy atom. The van der Waals surface area contributed by atoms with Crippen LogP contribution >= 0.6 is 34.8 Å². The topological polar surface area (TPSA) is 69.3 Å². The van der Waals surface area contributed by atoms with Crippen LogP contribution in [-0.4, -0.2) is 59.9 Å². The molecular weight excluding hydrogens is 457 g/mol. The molecule has 1 amide bonds. The van der Waals surface area contributed by atoms with E-state index in [1.54, 1.807) is 6.08 Å². The highest BCUT2D eigenvalue weighted by Gasteiger charge is 2.72. The Morgan fingerprint density at radius 3 is 2.31 bits per heavy atom. The number of rotatable bonds is 5. The van der Waals surface area contributed by atoms with Crippen molar-refractivity contribution >= 4 is 49.0 Å². The fraction of sp³-hybridized carbons (Fsp3) is 0.842. The summed E-state index contributed by atoms with van der Waals surface area (Å²) in [7, 11) is -1.90. The number of fused-ring (bicyclic) bond motifs is 1. The molecule has 3 fully saturated rings. The van der Waals surface area contributed by atoms with Crippen molar-refractivity contribution in [3.63, 3.8) is 0 Å². The van der Waals surface area contributed by atoms with E-state index in [2.05, 4.69) is 31.5 Å². The van der Waals surface area contributed by atoms with Crippen LogP contribution in [0.3, 0.4) is 0 Å². The molecule has 0 bridgehead atoms. The molecule has 1 saturated carbocycles. The minimum Gasteiger partial charge on any atom is -0.412 e. The van der Waals surface area contributed by atoms with Gasteiger partial charge in [-0.1, -0.05) is 40.9 Å². The van der Waals surface area contributed by atoms with Crippen molar-refractivity contribution in [1.82, 2.24) is 5.32 Å². The molecule has 10 heteroatoms. The van der Waals surface area contributed by atoms with Crippen molar-refractivity contribution in [2.45, 2.75) is 85.9 Å². The van der Waals surface area contributed by atoms with Gasteiger partial charge in [0.25, 0.3) is 9.70 Å². The zero-order valence-corrected chi connectivity index (χ0v) is 21.0. The van der Waals surface area contributed by atoms with Crippen molar-refractivity contribution in [3.05, 3.63) is 12.7 Å². The van der Waals surface area contributed by atoms with E-state index < -0.39 is 34.9 Å². The van der Waals surface area contributed by atoms with Crippen LogP contribution in [-0.2, 0) is 23.4 Å². The van der Waals surface area contributed by atoms with Gasteiger partial charge in [0.1, 0.15) is 5.60 Å². The van der Waals surface area contributed by atoms with Gasteiger partial charge >= 0.3 is 0 Å². The van der Waals surface area contributed by atoms with E-state index in [1.807, 2.05) is 20.8 Å².